The van der Waals surface area contributed by atoms with Crippen LogP contribution >= 0.6 is 11.6 Å². The highest BCUT2D eigenvalue weighted by Gasteiger charge is 2.36. The summed E-state index contributed by atoms with van der Waals surface area (Å²) in [5.41, 5.74) is 6.07. The largest absolute Gasteiger partial charge is 0.367 e. The Bertz CT molecular complexity index is 749. The summed E-state index contributed by atoms with van der Waals surface area (Å²) in [6.45, 7) is 3.53. The van der Waals surface area contributed by atoms with E-state index in [2.05, 4.69) is 15.3 Å². The van der Waals surface area contributed by atoms with Crippen LogP contribution in [0.25, 0.3) is 0 Å². The molecule has 122 valence electrons. The van der Waals surface area contributed by atoms with Crippen LogP contribution < -0.4 is 10.6 Å². The van der Waals surface area contributed by atoms with E-state index in [0.717, 1.165) is 5.56 Å². The average molecular weight is 337 g/mol. The van der Waals surface area contributed by atoms with E-state index in [-0.39, 0.29) is 10.7 Å². The minimum Gasteiger partial charge on any atom is -0.367 e. The topological polar surface area (TPSA) is 99.2 Å². The molecule has 2 aromatic heterocycles. The molecule has 0 saturated carbocycles. The number of rotatable bonds is 3. The number of nitrogens with zero attached hydrogens (tertiary/aromatic N) is 5. The standard InChI is InChI=1S/C14H17ClN6O2/c1-14(9-6-17-20(2)7-9)8-21(3-4-23-14)13-10(12(16)22)5-11(15)18-19-13/h5-7H,3-4,8H2,1-2H3,(H2,16,22). The van der Waals surface area contributed by atoms with Gasteiger partial charge in [-0.15, -0.1) is 10.2 Å². The lowest BCUT2D eigenvalue weighted by molar-refractivity contribution is -0.0469. The van der Waals surface area contributed by atoms with Gasteiger partial charge in [-0.05, 0) is 13.0 Å². The van der Waals surface area contributed by atoms with Crippen molar-refractivity contribution < 1.29 is 9.53 Å². The highest BCUT2D eigenvalue weighted by molar-refractivity contribution is 6.29. The first-order valence-electron chi connectivity index (χ1n) is 7.10. The van der Waals surface area contributed by atoms with Crippen molar-refractivity contribution in [2.75, 3.05) is 24.6 Å². The highest BCUT2D eigenvalue weighted by atomic mass is 35.5. The van der Waals surface area contributed by atoms with E-state index < -0.39 is 11.5 Å². The molecule has 0 aliphatic carbocycles. The van der Waals surface area contributed by atoms with Gasteiger partial charge in [0.2, 0.25) is 0 Å². The quantitative estimate of drug-likeness (QED) is 0.886. The molecule has 0 aromatic carbocycles. The number of aromatic nitrogens is 4. The van der Waals surface area contributed by atoms with Crippen LogP contribution in [-0.4, -0.2) is 45.6 Å². The predicted molar refractivity (Wildman–Crippen MR) is 84.3 cm³/mol. The first-order chi connectivity index (χ1) is 10.9. The molecule has 1 atom stereocenters. The number of carbonyl (C=O) groups excluding carboxylic acids is 1. The smallest absolute Gasteiger partial charge is 0.252 e. The monoisotopic (exact) mass is 336 g/mol. The maximum Gasteiger partial charge on any atom is 0.252 e. The van der Waals surface area contributed by atoms with Gasteiger partial charge in [0.05, 0.1) is 24.9 Å². The lowest BCUT2D eigenvalue weighted by atomic mass is 9.96. The van der Waals surface area contributed by atoms with Crippen molar-refractivity contribution in [1.82, 2.24) is 20.0 Å². The van der Waals surface area contributed by atoms with Crippen molar-refractivity contribution >= 4 is 23.3 Å². The van der Waals surface area contributed by atoms with Crippen molar-refractivity contribution in [3.8, 4) is 0 Å². The molecule has 2 N–H and O–H groups in total. The Morgan fingerprint density at radius 2 is 2.26 bits per heavy atom. The minimum absolute atomic E-state index is 0.130. The van der Waals surface area contributed by atoms with Gasteiger partial charge in [0, 0.05) is 25.4 Å². The summed E-state index contributed by atoms with van der Waals surface area (Å²) in [7, 11) is 1.85. The Hall–Kier alpha value is -2.19. The molecule has 1 fully saturated rings. The van der Waals surface area contributed by atoms with Crippen LogP contribution in [0.3, 0.4) is 0 Å². The van der Waals surface area contributed by atoms with Gasteiger partial charge in [-0.3, -0.25) is 9.48 Å². The summed E-state index contributed by atoms with van der Waals surface area (Å²) in [4.78, 5) is 13.6. The van der Waals surface area contributed by atoms with Gasteiger partial charge < -0.3 is 15.4 Å². The van der Waals surface area contributed by atoms with E-state index in [4.69, 9.17) is 22.1 Å². The van der Waals surface area contributed by atoms with Crippen LogP contribution in [-0.2, 0) is 17.4 Å². The molecule has 1 aliphatic rings. The average Bonchev–Trinajstić information content (AvgIpc) is 2.94. The second kappa shape index (κ2) is 5.78. The number of aryl methyl sites for hydroxylation is 1. The van der Waals surface area contributed by atoms with Crippen molar-refractivity contribution in [2.24, 2.45) is 12.8 Å². The third-order valence-corrected chi connectivity index (χ3v) is 4.08. The normalized spacial score (nSPS) is 21.4. The summed E-state index contributed by atoms with van der Waals surface area (Å²) >= 11 is 5.82. The van der Waals surface area contributed by atoms with Gasteiger partial charge in [-0.25, -0.2) is 0 Å². The fourth-order valence-corrected chi connectivity index (χ4v) is 2.84. The van der Waals surface area contributed by atoms with Gasteiger partial charge >= 0.3 is 0 Å². The molecule has 0 spiro atoms. The fraction of sp³-hybridized carbons (Fsp3) is 0.429. The number of primary amides is 1. The number of hydrogen-bond acceptors (Lipinski definition) is 6. The Morgan fingerprint density at radius 3 is 2.91 bits per heavy atom. The highest BCUT2D eigenvalue weighted by Crippen LogP contribution is 2.32. The van der Waals surface area contributed by atoms with E-state index in [1.165, 1.54) is 6.07 Å². The molecule has 1 aliphatic heterocycles. The van der Waals surface area contributed by atoms with Crippen molar-refractivity contribution in [1.29, 1.82) is 0 Å². The summed E-state index contributed by atoms with van der Waals surface area (Å²) in [6, 6.07) is 1.43. The molecule has 1 saturated heterocycles. The zero-order valence-corrected chi connectivity index (χ0v) is 13.6. The zero-order valence-electron chi connectivity index (χ0n) is 12.9. The molecular weight excluding hydrogens is 320 g/mol. The Balaban J connectivity index is 1.94. The number of carbonyl (C=O) groups is 1. The number of morpholine rings is 1. The van der Waals surface area contributed by atoms with Crippen LogP contribution in [0.5, 0.6) is 0 Å². The maximum atomic E-state index is 11.7. The van der Waals surface area contributed by atoms with Crippen LogP contribution in [0.15, 0.2) is 18.5 Å². The van der Waals surface area contributed by atoms with Gasteiger partial charge in [-0.1, -0.05) is 11.6 Å². The number of amides is 1. The van der Waals surface area contributed by atoms with Crippen LogP contribution in [0, 0.1) is 0 Å². The van der Waals surface area contributed by atoms with E-state index in [9.17, 15) is 4.79 Å². The molecule has 1 amide bonds. The lowest BCUT2D eigenvalue weighted by Gasteiger charge is -2.40. The van der Waals surface area contributed by atoms with E-state index in [1.807, 2.05) is 25.1 Å². The molecular formula is C14H17ClN6O2. The molecule has 3 rings (SSSR count). The number of halogens is 1. The molecule has 3 heterocycles. The Kier molecular flexibility index (Phi) is 3.95. The predicted octanol–water partition coefficient (Wildman–Crippen LogP) is 0.714. The molecule has 1 unspecified atom stereocenters. The second-order valence-electron chi connectivity index (χ2n) is 5.67. The number of hydrogen-bond donors (Lipinski definition) is 1. The van der Waals surface area contributed by atoms with Crippen LogP contribution in [0.1, 0.15) is 22.8 Å². The third-order valence-electron chi connectivity index (χ3n) is 3.90. The Labute approximate surface area is 138 Å². The molecule has 0 bridgehead atoms. The van der Waals surface area contributed by atoms with Crippen LogP contribution in [0.2, 0.25) is 5.15 Å². The first kappa shape index (κ1) is 15.7. The van der Waals surface area contributed by atoms with Gasteiger partial charge in [0.15, 0.2) is 11.0 Å². The number of nitrogens with two attached hydrogens (primary N) is 1. The van der Waals surface area contributed by atoms with Crippen molar-refractivity contribution in [3.05, 3.63) is 34.7 Å². The summed E-state index contributed by atoms with van der Waals surface area (Å²) in [5, 5.41) is 12.2. The van der Waals surface area contributed by atoms with Gasteiger partial charge in [0.1, 0.15) is 5.60 Å². The van der Waals surface area contributed by atoms with Crippen molar-refractivity contribution in [3.63, 3.8) is 0 Å². The molecule has 8 nitrogen and oxygen atoms in total. The molecule has 23 heavy (non-hydrogen) atoms. The minimum atomic E-state index is -0.591. The SMILES string of the molecule is Cn1cc(C2(C)CN(c3nnc(Cl)cc3C(N)=O)CCO2)cn1. The van der Waals surface area contributed by atoms with E-state index in [0.29, 0.717) is 25.5 Å². The summed E-state index contributed by atoms with van der Waals surface area (Å²) in [6.07, 6.45) is 3.68. The maximum absolute atomic E-state index is 11.7. The lowest BCUT2D eigenvalue weighted by Crippen LogP contribution is -2.49. The van der Waals surface area contributed by atoms with E-state index in [1.54, 1.807) is 10.9 Å². The fourth-order valence-electron chi connectivity index (χ4n) is 2.70. The van der Waals surface area contributed by atoms with Crippen molar-refractivity contribution in [2.45, 2.75) is 12.5 Å². The second-order valence-corrected chi connectivity index (χ2v) is 6.06. The zero-order chi connectivity index (χ0) is 16.6. The first-order valence-corrected chi connectivity index (χ1v) is 7.48. The Morgan fingerprint density at radius 1 is 1.48 bits per heavy atom. The summed E-state index contributed by atoms with van der Waals surface area (Å²) in [5.74, 6) is -0.174. The number of anilines is 1. The van der Waals surface area contributed by atoms with Gasteiger partial charge in [0.25, 0.3) is 5.91 Å². The molecule has 9 heteroatoms. The van der Waals surface area contributed by atoms with E-state index >= 15 is 0 Å². The van der Waals surface area contributed by atoms with Gasteiger partial charge in [-0.2, -0.15) is 5.10 Å². The third kappa shape index (κ3) is 2.99. The molecule has 0 radical (unpaired) electrons. The number of ether oxygens (including phenoxy) is 1. The van der Waals surface area contributed by atoms with Crippen LogP contribution in [0.4, 0.5) is 5.82 Å². The molecule has 2 aromatic rings. The summed E-state index contributed by atoms with van der Waals surface area (Å²) < 4.78 is 7.68.